The second kappa shape index (κ2) is 24.0. The standard InChI is InChI=1S/CH4N2.3Y/c2-1-3;;;/h2-3H,1H2;;;/q-2;;;. The molecule has 5 heteroatoms. The number of nitrogens with one attached hydrogen (secondary N) is 2. The van der Waals surface area contributed by atoms with Crippen LogP contribution in [-0.2, 0) is 98.1 Å². The Morgan fingerprint density at radius 3 is 0.833 bits per heavy atom. The third kappa shape index (κ3) is 26.9. The van der Waals surface area contributed by atoms with E-state index in [4.69, 9.17) is 11.5 Å². The number of rotatable bonds is 0. The van der Waals surface area contributed by atoms with Gasteiger partial charge in [0.15, 0.2) is 0 Å². The third-order valence-corrected chi connectivity index (χ3v) is 0. The van der Waals surface area contributed by atoms with Crippen LogP contribution in [0.5, 0.6) is 0 Å². The fourth-order valence-electron chi connectivity index (χ4n) is 0. The van der Waals surface area contributed by atoms with Gasteiger partial charge in [-0.15, -0.1) is 0 Å². The Balaban J connectivity index is -0.00000000667. The van der Waals surface area contributed by atoms with Crippen LogP contribution in [0.2, 0.25) is 0 Å². The van der Waals surface area contributed by atoms with E-state index in [1.165, 1.54) is 0 Å². The molecule has 0 amide bonds. The molecule has 6 heavy (non-hydrogen) atoms. The van der Waals surface area contributed by atoms with E-state index in [1.54, 1.807) is 0 Å². The van der Waals surface area contributed by atoms with Crippen LogP contribution >= 0.6 is 0 Å². The molecule has 2 N–H and O–H groups in total. The molecule has 0 aromatic heterocycles. The van der Waals surface area contributed by atoms with Crippen molar-refractivity contribution in [2.24, 2.45) is 0 Å². The summed E-state index contributed by atoms with van der Waals surface area (Å²) in [6.45, 7) is -0.250. The van der Waals surface area contributed by atoms with E-state index in [-0.39, 0.29) is 105 Å². The second-order valence-electron chi connectivity index (χ2n) is 0.177. The normalized spacial score (nSPS) is 3.00. The zero-order valence-electron chi connectivity index (χ0n) is 3.44. The molecule has 0 saturated carbocycles. The molecule has 0 aliphatic rings. The van der Waals surface area contributed by atoms with Gasteiger partial charge in [0.05, 0.1) is 0 Å². The summed E-state index contributed by atoms with van der Waals surface area (Å²) in [6.07, 6.45) is 0. The van der Waals surface area contributed by atoms with Crippen LogP contribution in [0.3, 0.4) is 0 Å². The van der Waals surface area contributed by atoms with Crippen LogP contribution < -0.4 is 0 Å². The second-order valence-corrected chi connectivity index (χ2v) is 0.177. The minimum Gasteiger partial charge on any atom is -0.696 e. The predicted molar refractivity (Wildman–Crippen MR) is 13.5 cm³/mol. The molecular formula is CH4N2Y3-2. The van der Waals surface area contributed by atoms with E-state index in [1.807, 2.05) is 0 Å². The van der Waals surface area contributed by atoms with Gasteiger partial charge in [0.25, 0.3) is 0 Å². The van der Waals surface area contributed by atoms with Crippen molar-refractivity contribution in [2.75, 3.05) is 6.67 Å². The molecule has 0 aliphatic heterocycles. The quantitative estimate of drug-likeness (QED) is 0.642. The van der Waals surface area contributed by atoms with Crippen LogP contribution in [0.25, 0.3) is 11.5 Å². The van der Waals surface area contributed by atoms with Gasteiger partial charge in [0.1, 0.15) is 0 Å². The minimum absolute atomic E-state index is 0. The van der Waals surface area contributed by atoms with E-state index >= 15 is 0 Å². The Morgan fingerprint density at radius 1 is 0.833 bits per heavy atom. The zero-order valence-corrected chi connectivity index (χ0v) is 12.0. The molecule has 0 spiro atoms. The Bertz CT molecular complexity index is 8.75. The van der Waals surface area contributed by atoms with Crippen LogP contribution in [-0.4, -0.2) is 6.67 Å². The maximum atomic E-state index is 5.88. The molecule has 0 aliphatic carbocycles. The molecule has 0 aromatic rings. The maximum absolute atomic E-state index is 5.88. The van der Waals surface area contributed by atoms with Crippen molar-refractivity contribution in [3.05, 3.63) is 11.5 Å². The van der Waals surface area contributed by atoms with E-state index in [9.17, 15) is 0 Å². The van der Waals surface area contributed by atoms with Gasteiger partial charge in [0, 0.05) is 98.1 Å². The van der Waals surface area contributed by atoms with Crippen molar-refractivity contribution in [2.45, 2.75) is 0 Å². The van der Waals surface area contributed by atoms with E-state index in [0.29, 0.717) is 0 Å². The summed E-state index contributed by atoms with van der Waals surface area (Å²) in [5.41, 5.74) is 11.8. The van der Waals surface area contributed by atoms with Gasteiger partial charge in [-0.05, 0) is 0 Å². The average Bonchev–Trinajstić information content (AvgIpc) is 0.918. The average molecular weight is 311 g/mol. The van der Waals surface area contributed by atoms with E-state index in [2.05, 4.69) is 0 Å². The molecule has 0 atom stereocenters. The molecule has 0 fully saturated rings. The van der Waals surface area contributed by atoms with Crippen LogP contribution in [0, 0.1) is 0 Å². The Morgan fingerprint density at radius 2 is 0.833 bits per heavy atom. The van der Waals surface area contributed by atoms with Crippen molar-refractivity contribution in [3.8, 4) is 0 Å². The number of hydrogen-bond acceptors (Lipinski definition) is 0. The summed E-state index contributed by atoms with van der Waals surface area (Å²) in [6, 6.07) is 0. The van der Waals surface area contributed by atoms with Gasteiger partial charge < -0.3 is 11.5 Å². The van der Waals surface area contributed by atoms with Gasteiger partial charge in [0.2, 0.25) is 0 Å². The summed E-state index contributed by atoms with van der Waals surface area (Å²) in [4.78, 5) is 0. The van der Waals surface area contributed by atoms with Crippen molar-refractivity contribution in [1.82, 2.24) is 0 Å². The van der Waals surface area contributed by atoms with Crippen molar-refractivity contribution in [3.63, 3.8) is 0 Å². The summed E-state index contributed by atoms with van der Waals surface area (Å²) in [5.74, 6) is 0. The molecule has 0 rings (SSSR count). The van der Waals surface area contributed by atoms with Crippen LogP contribution in [0.1, 0.15) is 0 Å². The Labute approximate surface area is 114 Å². The molecule has 0 aromatic carbocycles. The Hall–Kier alpha value is 3.23. The minimum atomic E-state index is -0.250. The van der Waals surface area contributed by atoms with Gasteiger partial charge in [-0.2, -0.15) is 0 Å². The molecule has 2 nitrogen and oxygen atoms in total. The van der Waals surface area contributed by atoms with Crippen LogP contribution in [0.15, 0.2) is 0 Å². The molecule has 0 saturated heterocycles. The van der Waals surface area contributed by atoms with Gasteiger partial charge in [-0.3, -0.25) is 6.67 Å². The van der Waals surface area contributed by atoms with Crippen molar-refractivity contribution in [1.29, 1.82) is 0 Å². The topological polar surface area (TPSA) is 47.6 Å². The van der Waals surface area contributed by atoms with E-state index in [0.717, 1.165) is 0 Å². The number of hydrogen-bond donors (Lipinski definition) is 0. The monoisotopic (exact) mass is 311 g/mol. The molecule has 0 unspecified atom stereocenters. The van der Waals surface area contributed by atoms with Crippen molar-refractivity contribution < 1.29 is 98.1 Å². The molecule has 29 valence electrons. The van der Waals surface area contributed by atoms with Gasteiger partial charge in [-0.25, -0.2) is 0 Å². The first-order chi connectivity index (χ1) is 1.41. The molecule has 0 heterocycles. The molecule has 0 bridgehead atoms. The fourth-order valence-corrected chi connectivity index (χ4v) is 0. The largest absolute Gasteiger partial charge is 0.696 e. The van der Waals surface area contributed by atoms with Gasteiger partial charge >= 0.3 is 0 Å². The predicted octanol–water partition coefficient (Wildman–Crippen LogP) is 1.04. The first-order valence-corrected chi connectivity index (χ1v) is 0.707. The fraction of sp³-hybridized carbons (Fsp3) is 1.00. The zero-order chi connectivity index (χ0) is 2.71. The first kappa shape index (κ1) is 22.9. The first-order valence-electron chi connectivity index (χ1n) is 0.707. The van der Waals surface area contributed by atoms with E-state index < -0.39 is 0 Å². The maximum Gasteiger partial charge on any atom is 0 e. The van der Waals surface area contributed by atoms with Crippen molar-refractivity contribution >= 4 is 0 Å². The SMILES string of the molecule is [NH-]C[NH-].[Y].[Y].[Y]. The molecular weight excluding hydrogens is 307 g/mol. The summed E-state index contributed by atoms with van der Waals surface area (Å²) in [7, 11) is 0. The third-order valence-electron chi connectivity index (χ3n) is 0. The summed E-state index contributed by atoms with van der Waals surface area (Å²) >= 11 is 0. The summed E-state index contributed by atoms with van der Waals surface area (Å²) in [5, 5.41) is 0. The Kier molecular flexibility index (Phi) is 91.6. The molecule has 3 radical (unpaired) electrons. The summed E-state index contributed by atoms with van der Waals surface area (Å²) < 4.78 is 0. The van der Waals surface area contributed by atoms with Gasteiger partial charge in [-0.1, -0.05) is 0 Å². The smallest absolute Gasteiger partial charge is 0 e. The van der Waals surface area contributed by atoms with Crippen LogP contribution in [0.4, 0.5) is 0 Å².